The minimum Gasteiger partial charge on any atom is -0.378 e. The van der Waals surface area contributed by atoms with E-state index in [4.69, 9.17) is 4.74 Å². The molecule has 148 valence electrons. The molecule has 8 nitrogen and oxygen atoms in total. The van der Waals surface area contributed by atoms with Crippen LogP contribution in [0.25, 0.3) is 5.69 Å². The minimum atomic E-state index is -3.69. The number of hydrogen-bond acceptors (Lipinski definition) is 5. The van der Waals surface area contributed by atoms with Crippen LogP contribution >= 0.6 is 0 Å². The third-order valence-corrected chi connectivity index (χ3v) is 6.91. The molecule has 0 saturated carbocycles. The molecular weight excluding hydrogens is 378 g/mol. The molecule has 0 bridgehead atoms. The van der Waals surface area contributed by atoms with Crippen LogP contribution < -0.4 is 0 Å². The molecule has 2 aromatic heterocycles. The molecule has 1 atom stereocenters. The van der Waals surface area contributed by atoms with E-state index in [-0.39, 0.29) is 11.4 Å². The fourth-order valence-corrected chi connectivity index (χ4v) is 5.28. The van der Waals surface area contributed by atoms with Gasteiger partial charge >= 0.3 is 0 Å². The lowest BCUT2D eigenvalue weighted by Crippen LogP contribution is -2.43. The van der Waals surface area contributed by atoms with Crippen LogP contribution in [-0.2, 0) is 21.8 Å². The molecule has 4 rings (SSSR count). The number of hydrogen-bond donors (Lipinski definition) is 0. The quantitative estimate of drug-likeness (QED) is 0.668. The van der Waals surface area contributed by atoms with Crippen LogP contribution in [0.1, 0.15) is 23.0 Å². The molecule has 0 aliphatic carbocycles. The Bertz CT molecular complexity index is 1090. The summed E-state index contributed by atoms with van der Waals surface area (Å²) in [6.07, 6.45) is 2.91. The average Bonchev–Trinajstić information content (AvgIpc) is 3.26. The van der Waals surface area contributed by atoms with Gasteiger partial charge in [-0.2, -0.15) is 14.5 Å². The predicted octanol–water partition coefficient (Wildman–Crippen LogP) is 1.98. The van der Waals surface area contributed by atoms with Crippen LogP contribution in [0.5, 0.6) is 0 Å². The summed E-state index contributed by atoms with van der Waals surface area (Å²) in [6.45, 7) is 4.82. The minimum absolute atomic E-state index is 0.188. The lowest BCUT2D eigenvalue weighted by atomic mass is 10.0. The highest BCUT2D eigenvalue weighted by Crippen LogP contribution is 2.34. The molecule has 1 saturated heterocycles. The van der Waals surface area contributed by atoms with Crippen LogP contribution in [0.15, 0.2) is 47.6 Å². The maximum atomic E-state index is 13.3. The van der Waals surface area contributed by atoms with E-state index in [1.165, 1.54) is 21.4 Å². The smallest absolute Gasteiger partial charge is 0.246 e. The van der Waals surface area contributed by atoms with Gasteiger partial charge in [-0.25, -0.2) is 13.1 Å². The van der Waals surface area contributed by atoms with Gasteiger partial charge in [0.2, 0.25) is 10.0 Å². The van der Waals surface area contributed by atoms with E-state index in [2.05, 4.69) is 10.2 Å². The Balaban J connectivity index is 1.78. The first-order chi connectivity index (χ1) is 13.4. The fraction of sp³-hybridized carbons (Fsp3) is 0.368. The van der Waals surface area contributed by atoms with Crippen molar-refractivity contribution in [1.82, 2.24) is 23.9 Å². The van der Waals surface area contributed by atoms with E-state index in [0.717, 1.165) is 22.6 Å². The first-order valence-corrected chi connectivity index (χ1v) is 10.5. The topological polar surface area (TPSA) is 82.2 Å². The summed E-state index contributed by atoms with van der Waals surface area (Å²) in [5.41, 5.74) is 3.53. The Kier molecular flexibility index (Phi) is 4.82. The summed E-state index contributed by atoms with van der Waals surface area (Å²) in [6, 6.07) is 9.38. The van der Waals surface area contributed by atoms with E-state index >= 15 is 0 Å². The van der Waals surface area contributed by atoms with E-state index < -0.39 is 16.1 Å². The SMILES string of the molecule is Cc1nn(-c2ccccc2)c(C)c1[C@H]1COCCN1S(=O)(=O)c1cnn(C)c1. The molecule has 28 heavy (non-hydrogen) atoms. The third-order valence-electron chi connectivity index (χ3n) is 5.05. The van der Waals surface area contributed by atoms with Crippen molar-refractivity contribution < 1.29 is 13.2 Å². The summed E-state index contributed by atoms with van der Waals surface area (Å²) in [4.78, 5) is 0.188. The summed E-state index contributed by atoms with van der Waals surface area (Å²) in [5, 5.41) is 8.69. The van der Waals surface area contributed by atoms with Crippen LogP contribution in [0.2, 0.25) is 0 Å². The summed E-state index contributed by atoms with van der Waals surface area (Å²) in [5.74, 6) is 0. The molecule has 0 spiro atoms. The highest BCUT2D eigenvalue weighted by atomic mass is 32.2. The van der Waals surface area contributed by atoms with E-state index in [1.807, 2.05) is 48.9 Å². The molecule has 3 aromatic rings. The number of para-hydroxylation sites is 1. The summed E-state index contributed by atoms with van der Waals surface area (Å²) < 4.78 is 37.1. The fourth-order valence-electron chi connectivity index (χ4n) is 3.73. The Morgan fingerprint density at radius 2 is 1.93 bits per heavy atom. The van der Waals surface area contributed by atoms with Crippen molar-refractivity contribution >= 4 is 10.0 Å². The van der Waals surface area contributed by atoms with Gasteiger partial charge in [-0.15, -0.1) is 0 Å². The molecule has 3 heterocycles. The van der Waals surface area contributed by atoms with E-state index in [9.17, 15) is 8.42 Å². The standard InChI is InChI=1S/C19H23N5O3S/c1-14-19(15(2)24(21-14)16-7-5-4-6-8-16)18-13-27-10-9-23(18)28(25,26)17-11-20-22(3)12-17/h4-8,11-12,18H,9-10,13H2,1-3H3/t18-/m1/s1. The van der Waals surface area contributed by atoms with Crippen LogP contribution in [-0.4, -0.2) is 52.0 Å². The summed E-state index contributed by atoms with van der Waals surface area (Å²) in [7, 11) is -1.99. The number of aryl methyl sites for hydroxylation is 2. The average molecular weight is 401 g/mol. The van der Waals surface area contributed by atoms with Crippen molar-refractivity contribution in [2.45, 2.75) is 24.8 Å². The van der Waals surface area contributed by atoms with Gasteiger partial charge in [-0.3, -0.25) is 4.68 Å². The molecule has 0 N–H and O–H groups in total. The van der Waals surface area contributed by atoms with Crippen molar-refractivity contribution in [2.75, 3.05) is 19.8 Å². The van der Waals surface area contributed by atoms with Gasteiger partial charge in [0, 0.05) is 31.0 Å². The van der Waals surface area contributed by atoms with Crippen molar-refractivity contribution in [3.63, 3.8) is 0 Å². The normalized spacial score (nSPS) is 18.5. The zero-order valence-electron chi connectivity index (χ0n) is 16.1. The second-order valence-corrected chi connectivity index (χ2v) is 8.78. The van der Waals surface area contributed by atoms with E-state index in [0.29, 0.717) is 13.2 Å². The molecule has 1 aromatic carbocycles. The molecule has 1 aliphatic heterocycles. The first kappa shape index (κ1) is 18.9. The number of sulfonamides is 1. The number of benzene rings is 1. The number of nitrogens with zero attached hydrogens (tertiary/aromatic N) is 5. The van der Waals surface area contributed by atoms with Crippen molar-refractivity contribution in [3.8, 4) is 5.69 Å². The monoisotopic (exact) mass is 401 g/mol. The maximum absolute atomic E-state index is 13.3. The van der Waals surface area contributed by atoms with Crippen LogP contribution in [0.4, 0.5) is 0 Å². The number of ether oxygens (including phenoxy) is 1. The highest BCUT2D eigenvalue weighted by Gasteiger charge is 2.38. The zero-order valence-corrected chi connectivity index (χ0v) is 16.9. The van der Waals surface area contributed by atoms with Crippen LogP contribution in [0, 0.1) is 13.8 Å². The molecule has 1 fully saturated rings. The summed E-state index contributed by atoms with van der Waals surface area (Å²) >= 11 is 0. The Morgan fingerprint density at radius 1 is 1.18 bits per heavy atom. The third kappa shape index (κ3) is 3.15. The van der Waals surface area contributed by atoms with Gasteiger partial charge in [0.1, 0.15) is 4.90 Å². The molecule has 9 heteroatoms. The molecule has 1 aliphatic rings. The number of morpholine rings is 1. The van der Waals surface area contributed by atoms with Gasteiger partial charge in [0.25, 0.3) is 0 Å². The van der Waals surface area contributed by atoms with Gasteiger partial charge in [0.15, 0.2) is 0 Å². The predicted molar refractivity (Wildman–Crippen MR) is 104 cm³/mol. The Labute approximate surface area is 164 Å². The molecule has 0 unspecified atom stereocenters. The van der Waals surface area contributed by atoms with Gasteiger partial charge in [0.05, 0.1) is 36.8 Å². The van der Waals surface area contributed by atoms with Crippen molar-refractivity contribution in [2.24, 2.45) is 7.05 Å². The van der Waals surface area contributed by atoms with E-state index in [1.54, 1.807) is 7.05 Å². The second-order valence-electron chi connectivity index (χ2n) is 6.89. The maximum Gasteiger partial charge on any atom is 0.246 e. The Hall–Kier alpha value is -2.49. The zero-order chi connectivity index (χ0) is 19.9. The van der Waals surface area contributed by atoms with Gasteiger partial charge < -0.3 is 4.74 Å². The lowest BCUT2D eigenvalue weighted by molar-refractivity contribution is 0.0316. The molecule has 0 radical (unpaired) electrons. The Morgan fingerprint density at radius 3 is 2.61 bits per heavy atom. The lowest BCUT2D eigenvalue weighted by Gasteiger charge is -2.34. The number of aromatic nitrogens is 4. The molecular formula is C19H23N5O3S. The second kappa shape index (κ2) is 7.16. The van der Waals surface area contributed by atoms with Crippen LogP contribution in [0.3, 0.4) is 0 Å². The first-order valence-electron chi connectivity index (χ1n) is 9.09. The highest BCUT2D eigenvalue weighted by molar-refractivity contribution is 7.89. The van der Waals surface area contributed by atoms with Gasteiger partial charge in [-0.05, 0) is 26.0 Å². The van der Waals surface area contributed by atoms with Crippen molar-refractivity contribution in [3.05, 3.63) is 59.7 Å². The molecule has 0 amide bonds. The number of rotatable bonds is 4. The largest absolute Gasteiger partial charge is 0.378 e. The van der Waals surface area contributed by atoms with Crippen molar-refractivity contribution in [1.29, 1.82) is 0 Å². The van der Waals surface area contributed by atoms with Gasteiger partial charge in [-0.1, -0.05) is 18.2 Å².